The van der Waals surface area contributed by atoms with Crippen molar-refractivity contribution in [1.29, 1.82) is 0 Å². The summed E-state index contributed by atoms with van der Waals surface area (Å²) in [6, 6.07) is 0. The maximum absolute atomic E-state index is 9.48. The molecule has 0 aromatic rings. The Morgan fingerprint density at radius 2 is 2.27 bits per heavy atom. The first-order valence-corrected chi connectivity index (χ1v) is 4.21. The molecule has 1 aliphatic rings. The van der Waals surface area contributed by atoms with Crippen LogP contribution in [0.5, 0.6) is 0 Å². The Labute approximate surface area is 67.6 Å². The van der Waals surface area contributed by atoms with Crippen molar-refractivity contribution in [2.24, 2.45) is 5.92 Å². The van der Waals surface area contributed by atoms with Gasteiger partial charge in [-0.15, -0.1) is 0 Å². The van der Waals surface area contributed by atoms with Gasteiger partial charge in [-0.05, 0) is 25.8 Å². The lowest BCUT2D eigenvalue weighted by Gasteiger charge is -2.33. The third-order valence-electron chi connectivity index (χ3n) is 2.40. The second kappa shape index (κ2) is 4.04. The smallest absolute Gasteiger partial charge is 0.0593 e. The van der Waals surface area contributed by atoms with E-state index >= 15 is 0 Å². The minimum absolute atomic E-state index is 0.190. The Hall–Kier alpha value is -0.120. The van der Waals surface area contributed by atoms with E-state index in [9.17, 15) is 5.11 Å². The lowest BCUT2D eigenvalue weighted by atomic mass is 9.92. The Kier molecular flexibility index (Phi) is 3.30. The second-order valence-electron chi connectivity index (χ2n) is 3.39. The number of aliphatic hydroxyl groups excluding tert-OH is 2. The van der Waals surface area contributed by atoms with Crippen LogP contribution in [-0.2, 0) is 0 Å². The molecule has 2 N–H and O–H groups in total. The standard InChI is InChI=1S/C8H17NO2/c1-9-4-2-8(11)7(6-9)3-5-10/h7-8,10-11H,2-6H2,1H3. The van der Waals surface area contributed by atoms with Crippen molar-refractivity contribution in [3.8, 4) is 0 Å². The highest BCUT2D eigenvalue weighted by Crippen LogP contribution is 2.18. The molecule has 0 spiro atoms. The van der Waals surface area contributed by atoms with E-state index in [2.05, 4.69) is 11.9 Å². The fraction of sp³-hybridized carbons (Fsp3) is 1.00. The van der Waals surface area contributed by atoms with E-state index in [-0.39, 0.29) is 18.6 Å². The number of hydrogen-bond donors (Lipinski definition) is 2. The minimum atomic E-state index is -0.196. The predicted molar refractivity (Wildman–Crippen MR) is 43.3 cm³/mol. The molecule has 0 bridgehead atoms. The first-order chi connectivity index (χ1) is 5.24. The summed E-state index contributed by atoms with van der Waals surface area (Å²) < 4.78 is 0. The summed E-state index contributed by atoms with van der Waals surface area (Å²) in [5, 5.41) is 18.2. The molecule has 0 aliphatic carbocycles. The van der Waals surface area contributed by atoms with Gasteiger partial charge < -0.3 is 15.1 Å². The molecule has 66 valence electrons. The van der Waals surface area contributed by atoms with Crippen LogP contribution in [-0.4, -0.2) is 48.0 Å². The molecule has 1 fully saturated rings. The average Bonchev–Trinajstić information content (AvgIpc) is 1.98. The monoisotopic (exact) mass is 159 g/mol. The van der Waals surface area contributed by atoms with Crippen LogP contribution in [0.15, 0.2) is 0 Å². The number of rotatable bonds is 2. The van der Waals surface area contributed by atoms with Gasteiger partial charge in [0.25, 0.3) is 0 Å². The van der Waals surface area contributed by atoms with Crippen molar-refractivity contribution in [3.63, 3.8) is 0 Å². The van der Waals surface area contributed by atoms with Gasteiger partial charge in [-0.25, -0.2) is 0 Å². The van der Waals surface area contributed by atoms with Crippen molar-refractivity contribution in [3.05, 3.63) is 0 Å². The van der Waals surface area contributed by atoms with Crippen LogP contribution in [0, 0.1) is 5.92 Å². The highest BCUT2D eigenvalue weighted by Gasteiger charge is 2.24. The molecule has 1 rings (SSSR count). The van der Waals surface area contributed by atoms with E-state index in [1.54, 1.807) is 0 Å². The number of aliphatic hydroxyl groups is 2. The SMILES string of the molecule is CN1CCC(O)C(CCO)C1. The van der Waals surface area contributed by atoms with Gasteiger partial charge in [0.2, 0.25) is 0 Å². The largest absolute Gasteiger partial charge is 0.396 e. The Bertz CT molecular complexity index is 119. The number of piperidine rings is 1. The second-order valence-corrected chi connectivity index (χ2v) is 3.39. The Balaban J connectivity index is 2.34. The van der Waals surface area contributed by atoms with E-state index in [1.165, 1.54) is 0 Å². The van der Waals surface area contributed by atoms with Crippen molar-refractivity contribution >= 4 is 0 Å². The zero-order chi connectivity index (χ0) is 8.27. The normalized spacial score (nSPS) is 34.1. The third-order valence-corrected chi connectivity index (χ3v) is 2.40. The van der Waals surface area contributed by atoms with Crippen LogP contribution in [0.4, 0.5) is 0 Å². The topological polar surface area (TPSA) is 43.7 Å². The van der Waals surface area contributed by atoms with Crippen molar-refractivity contribution in [2.45, 2.75) is 18.9 Å². The number of nitrogens with zero attached hydrogens (tertiary/aromatic N) is 1. The summed E-state index contributed by atoms with van der Waals surface area (Å²) in [5.41, 5.74) is 0. The molecule has 0 radical (unpaired) electrons. The number of likely N-dealkylation sites (tertiary alicyclic amines) is 1. The van der Waals surface area contributed by atoms with Crippen LogP contribution in [0.2, 0.25) is 0 Å². The van der Waals surface area contributed by atoms with Crippen LogP contribution >= 0.6 is 0 Å². The summed E-state index contributed by atoms with van der Waals surface area (Å²) in [5.74, 6) is 0.277. The molecule has 2 atom stereocenters. The molecular formula is C8H17NO2. The van der Waals surface area contributed by atoms with Crippen LogP contribution in [0.1, 0.15) is 12.8 Å². The maximum Gasteiger partial charge on any atom is 0.0593 e. The molecule has 1 saturated heterocycles. The molecule has 2 unspecified atom stereocenters. The average molecular weight is 159 g/mol. The zero-order valence-electron chi connectivity index (χ0n) is 7.03. The minimum Gasteiger partial charge on any atom is -0.396 e. The maximum atomic E-state index is 9.48. The lowest BCUT2D eigenvalue weighted by molar-refractivity contribution is 0.0246. The molecular weight excluding hydrogens is 142 g/mol. The summed E-state index contributed by atoms with van der Waals surface area (Å²) in [7, 11) is 2.05. The molecule has 3 heteroatoms. The summed E-state index contributed by atoms with van der Waals surface area (Å²) in [6.45, 7) is 2.08. The summed E-state index contributed by atoms with van der Waals surface area (Å²) in [4.78, 5) is 2.20. The van der Waals surface area contributed by atoms with Crippen LogP contribution in [0.25, 0.3) is 0 Å². The van der Waals surface area contributed by atoms with Gasteiger partial charge in [-0.3, -0.25) is 0 Å². The molecule has 0 saturated carbocycles. The van der Waals surface area contributed by atoms with E-state index in [1.807, 2.05) is 0 Å². The molecule has 3 nitrogen and oxygen atoms in total. The van der Waals surface area contributed by atoms with Gasteiger partial charge in [-0.2, -0.15) is 0 Å². The molecule has 11 heavy (non-hydrogen) atoms. The molecule has 1 aliphatic heterocycles. The van der Waals surface area contributed by atoms with Crippen LogP contribution in [0.3, 0.4) is 0 Å². The van der Waals surface area contributed by atoms with Gasteiger partial charge in [0, 0.05) is 19.7 Å². The van der Waals surface area contributed by atoms with Crippen molar-refractivity contribution < 1.29 is 10.2 Å². The zero-order valence-corrected chi connectivity index (χ0v) is 7.03. The predicted octanol–water partition coefficient (Wildman–Crippen LogP) is -0.319. The molecule has 0 amide bonds. The Morgan fingerprint density at radius 1 is 1.55 bits per heavy atom. The molecule has 0 aromatic carbocycles. The quantitative estimate of drug-likeness (QED) is 0.580. The lowest BCUT2D eigenvalue weighted by Crippen LogP contribution is -2.41. The summed E-state index contributed by atoms with van der Waals surface area (Å²) in [6.07, 6.45) is 1.38. The van der Waals surface area contributed by atoms with Gasteiger partial charge in [0.1, 0.15) is 0 Å². The van der Waals surface area contributed by atoms with Crippen molar-refractivity contribution in [2.75, 3.05) is 26.7 Å². The van der Waals surface area contributed by atoms with Crippen molar-refractivity contribution in [1.82, 2.24) is 4.90 Å². The van der Waals surface area contributed by atoms with Crippen LogP contribution < -0.4 is 0 Å². The molecule has 0 aromatic heterocycles. The van der Waals surface area contributed by atoms with E-state index in [4.69, 9.17) is 5.11 Å². The Morgan fingerprint density at radius 3 is 2.91 bits per heavy atom. The van der Waals surface area contributed by atoms with E-state index in [0.717, 1.165) is 25.9 Å². The van der Waals surface area contributed by atoms with Gasteiger partial charge in [0.05, 0.1) is 6.10 Å². The molecule has 1 heterocycles. The highest BCUT2D eigenvalue weighted by molar-refractivity contribution is 4.77. The van der Waals surface area contributed by atoms with E-state index < -0.39 is 0 Å². The first-order valence-electron chi connectivity index (χ1n) is 4.21. The summed E-state index contributed by atoms with van der Waals surface area (Å²) >= 11 is 0. The fourth-order valence-corrected chi connectivity index (χ4v) is 1.65. The highest BCUT2D eigenvalue weighted by atomic mass is 16.3. The van der Waals surface area contributed by atoms with Gasteiger partial charge >= 0.3 is 0 Å². The first kappa shape index (κ1) is 8.97. The van der Waals surface area contributed by atoms with E-state index in [0.29, 0.717) is 0 Å². The number of hydrogen-bond acceptors (Lipinski definition) is 3. The third kappa shape index (κ3) is 2.43. The van der Waals surface area contributed by atoms with Gasteiger partial charge in [0.15, 0.2) is 0 Å². The fourth-order valence-electron chi connectivity index (χ4n) is 1.65. The van der Waals surface area contributed by atoms with Gasteiger partial charge in [-0.1, -0.05) is 0 Å².